The number of fused-ring (bicyclic) bond motifs is 1. The monoisotopic (exact) mass is 210 g/mol. The second-order valence-corrected chi connectivity index (χ2v) is 3.61. The quantitative estimate of drug-likeness (QED) is 0.824. The van der Waals surface area contributed by atoms with E-state index >= 15 is 0 Å². The van der Waals surface area contributed by atoms with Gasteiger partial charge in [-0.25, -0.2) is 0 Å². The Balaban J connectivity index is 2.66. The second kappa shape index (κ2) is 3.46. The van der Waals surface area contributed by atoms with E-state index in [9.17, 15) is 0 Å². The summed E-state index contributed by atoms with van der Waals surface area (Å²) >= 11 is 5.90. The molecular weight excluding hydrogens is 200 g/mol. The van der Waals surface area contributed by atoms with Crippen LogP contribution in [0.4, 0.5) is 5.69 Å². The predicted molar refractivity (Wildman–Crippen MR) is 56.4 cm³/mol. The number of aromatic nitrogens is 3. The van der Waals surface area contributed by atoms with Gasteiger partial charge in [-0.15, -0.1) is 10.2 Å². The highest BCUT2D eigenvalue weighted by atomic mass is 35.5. The van der Waals surface area contributed by atoms with E-state index < -0.39 is 0 Å². The van der Waals surface area contributed by atoms with Gasteiger partial charge in [-0.1, -0.05) is 18.5 Å². The number of hydrogen-bond donors (Lipinski definition) is 1. The van der Waals surface area contributed by atoms with Crippen molar-refractivity contribution >= 4 is 22.9 Å². The van der Waals surface area contributed by atoms with Gasteiger partial charge in [0.05, 0.1) is 10.7 Å². The first kappa shape index (κ1) is 9.27. The van der Waals surface area contributed by atoms with E-state index in [0.717, 1.165) is 18.7 Å². The van der Waals surface area contributed by atoms with Gasteiger partial charge in [-0.2, -0.15) is 0 Å². The molecule has 2 aromatic heterocycles. The van der Waals surface area contributed by atoms with Crippen LogP contribution in [0.25, 0.3) is 5.65 Å². The SMILES string of the molecule is CCCc1nnc2c(N)cc(Cl)cn12. The number of anilines is 1. The van der Waals surface area contributed by atoms with Gasteiger partial charge in [0.25, 0.3) is 0 Å². The van der Waals surface area contributed by atoms with Gasteiger partial charge in [-0.05, 0) is 12.5 Å². The van der Waals surface area contributed by atoms with E-state index in [4.69, 9.17) is 17.3 Å². The van der Waals surface area contributed by atoms with Gasteiger partial charge in [0.2, 0.25) is 0 Å². The van der Waals surface area contributed by atoms with Gasteiger partial charge < -0.3 is 5.73 Å². The third kappa shape index (κ3) is 1.42. The number of nitrogen functional groups attached to an aromatic ring is 1. The molecule has 5 heteroatoms. The minimum absolute atomic E-state index is 0.562. The lowest BCUT2D eigenvalue weighted by atomic mass is 10.3. The van der Waals surface area contributed by atoms with E-state index in [1.807, 2.05) is 4.40 Å². The summed E-state index contributed by atoms with van der Waals surface area (Å²) < 4.78 is 1.85. The summed E-state index contributed by atoms with van der Waals surface area (Å²) in [6, 6.07) is 1.68. The molecule has 0 amide bonds. The molecule has 2 aromatic rings. The van der Waals surface area contributed by atoms with Crippen LogP contribution in [-0.4, -0.2) is 14.6 Å². The summed E-state index contributed by atoms with van der Waals surface area (Å²) in [7, 11) is 0. The average Bonchev–Trinajstić information content (AvgIpc) is 2.49. The fourth-order valence-corrected chi connectivity index (χ4v) is 1.64. The van der Waals surface area contributed by atoms with E-state index in [1.165, 1.54) is 0 Å². The Morgan fingerprint density at radius 1 is 1.50 bits per heavy atom. The van der Waals surface area contributed by atoms with Crippen LogP contribution in [0.1, 0.15) is 19.2 Å². The molecule has 2 N–H and O–H groups in total. The highest BCUT2D eigenvalue weighted by molar-refractivity contribution is 6.30. The molecule has 2 rings (SSSR count). The molecule has 0 unspecified atom stereocenters. The molecule has 0 aliphatic rings. The highest BCUT2D eigenvalue weighted by Crippen LogP contribution is 2.18. The lowest BCUT2D eigenvalue weighted by Crippen LogP contribution is -1.96. The molecule has 0 atom stereocenters. The van der Waals surface area contributed by atoms with Crippen LogP contribution in [0, 0.1) is 0 Å². The molecule has 0 aliphatic heterocycles. The largest absolute Gasteiger partial charge is 0.396 e. The molecular formula is C9H11ClN4. The minimum atomic E-state index is 0.562. The molecule has 0 spiro atoms. The van der Waals surface area contributed by atoms with Crippen LogP contribution in [-0.2, 0) is 6.42 Å². The van der Waals surface area contributed by atoms with Crippen molar-refractivity contribution in [2.75, 3.05) is 5.73 Å². The van der Waals surface area contributed by atoms with Gasteiger partial charge in [0, 0.05) is 12.6 Å². The third-order valence-corrected chi connectivity index (χ3v) is 2.25. The number of hydrogen-bond acceptors (Lipinski definition) is 3. The first-order chi connectivity index (χ1) is 6.72. The van der Waals surface area contributed by atoms with E-state index in [1.54, 1.807) is 12.3 Å². The summed E-state index contributed by atoms with van der Waals surface area (Å²) in [5, 5.41) is 8.67. The summed E-state index contributed by atoms with van der Waals surface area (Å²) in [6.45, 7) is 2.09. The molecule has 74 valence electrons. The van der Waals surface area contributed by atoms with Crippen molar-refractivity contribution in [1.29, 1.82) is 0 Å². The Kier molecular flexibility index (Phi) is 2.29. The minimum Gasteiger partial charge on any atom is -0.396 e. The third-order valence-electron chi connectivity index (χ3n) is 2.04. The van der Waals surface area contributed by atoms with Gasteiger partial charge in [0.15, 0.2) is 5.65 Å². The van der Waals surface area contributed by atoms with Crippen molar-refractivity contribution in [3.63, 3.8) is 0 Å². The second-order valence-electron chi connectivity index (χ2n) is 3.17. The predicted octanol–water partition coefficient (Wildman–Crippen LogP) is 1.92. The maximum absolute atomic E-state index is 5.90. The Morgan fingerprint density at radius 2 is 2.29 bits per heavy atom. The van der Waals surface area contributed by atoms with Crippen molar-refractivity contribution in [2.45, 2.75) is 19.8 Å². The average molecular weight is 211 g/mol. The lowest BCUT2D eigenvalue weighted by Gasteiger charge is -2.00. The van der Waals surface area contributed by atoms with Crippen molar-refractivity contribution in [3.05, 3.63) is 23.1 Å². The highest BCUT2D eigenvalue weighted by Gasteiger charge is 2.07. The normalized spacial score (nSPS) is 11.0. The van der Waals surface area contributed by atoms with E-state index in [2.05, 4.69) is 17.1 Å². The maximum Gasteiger partial charge on any atom is 0.184 e. The van der Waals surface area contributed by atoms with Crippen LogP contribution in [0.3, 0.4) is 0 Å². The molecule has 14 heavy (non-hydrogen) atoms. The van der Waals surface area contributed by atoms with Crippen LogP contribution < -0.4 is 5.73 Å². The standard InChI is InChI=1S/C9H11ClN4/c1-2-3-8-12-13-9-7(11)4-6(10)5-14(8)9/h4-5H,2-3,11H2,1H3. The molecule has 0 aromatic carbocycles. The Morgan fingerprint density at radius 3 is 3.00 bits per heavy atom. The fraction of sp³-hybridized carbons (Fsp3) is 0.333. The summed E-state index contributed by atoms with van der Waals surface area (Å²) in [6.07, 6.45) is 3.69. The smallest absolute Gasteiger partial charge is 0.184 e. The molecule has 0 aliphatic carbocycles. The topological polar surface area (TPSA) is 56.2 Å². The van der Waals surface area contributed by atoms with Crippen molar-refractivity contribution in [2.24, 2.45) is 0 Å². The molecule has 0 fully saturated rings. The molecule has 0 radical (unpaired) electrons. The zero-order chi connectivity index (χ0) is 10.1. The Bertz CT molecular complexity index is 463. The number of aryl methyl sites for hydroxylation is 1. The lowest BCUT2D eigenvalue weighted by molar-refractivity contribution is 0.818. The molecule has 0 saturated heterocycles. The van der Waals surface area contributed by atoms with Crippen molar-refractivity contribution in [1.82, 2.24) is 14.6 Å². The number of pyridine rings is 1. The van der Waals surface area contributed by atoms with E-state index in [0.29, 0.717) is 16.4 Å². The first-order valence-corrected chi connectivity index (χ1v) is 4.88. The van der Waals surface area contributed by atoms with Crippen LogP contribution in [0.2, 0.25) is 5.02 Å². The molecule has 4 nitrogen and oxygen atoms in total. The molecule has 2 heterocycles. The molecule has 0 bridgehead atoms. The number of nitrogens with two attached hydrogens (primary N) is 1. The Hall–Kier alpha value is -1.29. The van der Waals surface area contributed by atoms with Crippen LogP contribution in [0.5, 0.6) is 0 Å². The van der Waals surface area contributed by atoms with Gasteiger partial charge in [0.1, 0.15) is 5.82 Å². The van der Waals surface area contributed by atoms with Crippen molar-refractivity contribution in [3.8, 4) is 0 Å². The number of rotatable bonds is 2. The van der Waals surface area contributed by atoms with Crippen LogP contribution >= 0.6 is 11.6 Å². The summed E-state index contributed by atoms with van der Waals surface area (Å²) in [5.41, 5.74) is 7.00. The van der Waals surface area contributed by atoms with Crippen LogP contribution in [0.15, 0.2) is 12.3 Å². The van der Waals surface area contributed by atoms with Gasteiger partial charge >= 0.3 is 0 Å². The maximum atomic E-state index is 5.90. The van der Waals surface area contributed by atoms with Gasteiger partial charge in [-0.3, -0.25) is 4.40 Å². The van der Waals surface area contributed by atoms with E-state index in [-0.39, 0.29) is 0 Å². The zero-order valence-corrected chi connectivity index (χ0v) is 8.62. The Labute approximate surface area is 86.7 Å². The zero-order valence-electron chi connectivity index (χ0n) is 7.87. The molecule has 0 saturated carbocycles. The summed E-state index contributed by atoms with van der Waals surface area (Å²) in [4.78, 5) is 0. The first-order valence-electron chi connectivity index (χ1n) is 4.51. The number of nitrogens with zero attached hydrogens (tertiary/aromatic N) is 3. The fourth-order valence-electron chi connectivity index (χ4n) is 1.42. The summed E-state index contributed by atoms with van der Waals surface area (Å²) in [5.74, 6) is 0.900. The van der Waals surface area contributed by atoms with Crippen molar-refractivity contribution < 1.29 is 0 Å². The number of halogens is 1.